The van der Waals surface area contributed by atoms with Crippen LogP contribution in [0.1, 0.15) is 51.9 Å². The van der Waals surface area contributed by atoms with Crippen molar-refractivity contribution in [3.63, 3.8) is 0 Å². The second kappa shape index (κ2) is 7.05. The normalized spacial score (nSPS) is 30.4. The molecule has 1 aliphatic carbocycles. The summed E-state index contributed by atoms with van der Waals surface area (Å²) in [5.41, 5.74) is 5.39. The van der Waals surface area contributed by atoms with Gasteiger partial charge in [0, 0.05) is 12.6 Å². The topological polar surface area (TPSA) is 58.4 Å². The van der Waals surface area contributed by atoms with Crippen LogP contribution in [0.2, 0.25) is 0 Å². The van der Waals surface area contributed by atoms with E-state index in [9.17, 15) is 4.79 Å². The number of thiocarbonyl (C=S) groups is 1. The first-order chi connectivity index (χ1) is 9.95. The van der Waals surface area contributed by atoms with Gasteiger partial charge in [0.2, 0.25) is 5.91 Å². The van der Waals surface area contributed by atoms with Crippen molar-refractivity contribution >= 4 is 23.1 Å². The third kappa shape index (κ3) is 3.75. The average Bonchev–Trinajstić information content (AvgIpc) is 2.68. The molecule has 1 amide bonds. The zero-order chi connectivity index (χ0) is 15.5. The summed E-state index contributed by atoms with van der Waals surface area (Å²) < 4.78 is 0. The van der Waals surface area contributed by atoms with Crippen molar-refractivity contribution < 1.29 is 4.79 Å². The molecule has 3 N–H and O–H groups in total. The van der Waals surface area contributed by atoms with Crippen LogP contribution in [-0.2, 0) is 4.79 Å². The predicted molar refractivity (Wildman–Crippen MR) is 90.1 cm³/mol. The number of likely N-dealkylation sites (tertiary alicyclic amines) is 1. The van der Waals surface area contributed by atoms with Crippen LogP contribution in [0.15, 0.2) is 0 Å². The minimum absolute atomic E-state index is 0.0818. The summed E-state index contributed by atoms with van der Waals surface area (Å²) in [5.74, 6) is 0.556. The van der Waals surface area contributed by atoms with Gasteiger partial charge in [-0.25, -0.2) is 0 Å². The van der Waals surface area contributed by atoms with Gasteiger partial charge in [-0.1, -0.05) is 44.8 Å². The lowest BCUT2D eigenvalue weighted by molar-refractivity contribution is -0.129. The lowest BCUT2D eigenvalue weighted by Crippen LogP contribution is -2.55. The number of nitrogens with two attached hydrogens (primary N) is 1. The molecule has 1 heterocycles. The molecule has 1 aliphatic heterocycles. The Hall–Kier alpha value is -0.680. The molecule has 4 nitrogen and oxygen atoms in total. The molecule has 2 atom stereocenters. The molecule has 0 aromatic carbocycles. The van der Waals surface area contributed by atoms with Crippen LogP contribution in [0.4, 0.5) is 0 Å². The lowest BCUT2D eigenvalue weighted by atomic mass is 9.78. The van der Waals surface area contributed by atoms with Gasteiger partial charge in [0.1, 0.15) is 0 Å². The Labute approximate surface area is 133 Å². The average molecular weight is 311 g/mol. The van der Waals surface area contributed by atoms with Gasteiger partial charge in [-0.05, 0) is 38.8 Å². The van der Waals surface area contributed by atoms with Crippen molar-refractivity contribution in [2.45, 2.75) is 57.9 Å². The van der Waals surface area contributed by atoms with E-state index in [1.54, 1.807) is 0 Å². The fourth-order valence-corrected chi connectivity index (χ4v) is 4.09. The third-order valence-electron chi connectivity index (χ3n) is 5.29. The Morgan fingerprint density at radius 1 is 1.29 bits per heavy atom. The summed E-state index contributed by atoms with van der Waals surface area (Å²) >= 11 is 5.29. The maximum Gasteiger partial charge on any atom is 0.233 e. The summed E-state index contributed by atoms with van der Waals surface area (Å²) in [6.07, 6.45) is 7.10. The summed E-state index contributed by atoms with van der Waals surface area (Å²) in [6.45, 7) is 4.28. The fourth-order valence-electron chi connectivity index (χ4n) is 3.79. The zero-order valence-corrected chi connectivity index (χ0v) is 14.2. The molecule has 120 valence electrons. The molecule has 0 aromatic heterocycles. The van der Waals surface area contributed by atoms with E-state index in [2.05, 4.69) is 24.2 Å². The van der Waals surface area contributed by atoms with Crippen molar-refractivity contribution in [2.75, 3.05) is 20.1 Å². The first-order valence-electron chi connectivity index (χ1n) is 8.25. The minimum atomic E-state index is -0.602. The molecule has 0 bridgehead atoms. The molecular weight excluding hydrogens is 282 g/mol. The Bertz CT molecular complexity index is 391. The second-order valence-corrected chi connectivity index (χ2v) is 7.41. The number of amides is 1. The van der Waals surface area contributed by atoms with E-state index in [1.807, 2.05) is 0 Å². The number of nitrogens with one attached hydrogen (secondary N) is 1. The number of hydrogen-bond acceptors (Lipinski definition) is 3. The second-order valence-electron chi connectivity index (χ2n) is 6.97. The Morgan fingerprint density at radius 2 is 1.90 bits per heavy atom. The van der Waals surface area contributed by atoms with Crippen LogP contribution in [0, 0.1) is 11.3 Å². The zero-order valence-electron chi connectivity index (χ0n) is 13.4. The van der Waals surface area contributed by atoms with Gasteiger partial charge in [-0.3, -0.25) is 4.79 Å². The molecule has 0 spiro atoms. The lowest BCUT2D eigenvalue weighted by Gasteiger charge is -2.38. The van der Waals surface area contributed by atoms with Crippen LogP contribution >= 0.6 is 12.2 Å². The van der Waals surface area contributed by atoms with Crippen LogP contribution in [0.5, 0.6) is 0 Å². The molecule has 2 fully saturated rings. The van der Waals surface area contributed by atoms with Crippen molar-refractivity contribution in [3.05, 3.63) is 0 Å². The fraction of sp³-hybridized carbons (Fsp3) is 0.875. The number of rotatable bonds is 3. The smallest absolute Gasteiger partial charge is 0.233 e. The molecule has 5 heteroatoms. The minimum Gasteiger partial charge on any atom is -0.392 e. The van der Waals surface area contributed by atoms with E-state index < -0.39 is 5.41 Å². The summed E-state index contributed by atoms with van der Waals surface area (Å²) in [7, 11) is 2.14. The van der Waals surface area contributed by atoms with Crippen LogP contribution in [0.25, 0.3) is 0 Å². The highest BCUT2D eigenvalue weighted by atomic mass is 32.1. The van der Waals surface area contributed by atoms with Gasteiger partial charge < -0.3 is 16.0 Å². The van der Waals surface area contributed by atoms with Crippen LogP contribution in [-0.4, -0.2) is 42.0 Å². The molecule has 1 saturated carbocycles. The highest BCUT2D eigenvalue weighted by Gasteiger charge is 2.42. The Balaban J connectivity index is 2.06. The van der Waals surface area contributed by atoms with Crippen molar-refractivity contribution in [3.8, 4) is 0 Å². The monoisotopic (exact) mass is 311 g/mol. The Morgan fingerprint density at radius 3 is 2.43 bits per heavy atom. The first kappa shape index (κ1) is 16.7. The molecule has 1 saturated heterocycles. The number of nitrogens with zero attached hydrogens (tertiary/aromatic N) is 1. The molecule has 2 rings (SSSR count). The van der Waals surface area contributed by atoms with Gasteiger partial charge in [-0.15, -0.1) is 0 Å². The summed E-state index contributed by atoms with van der Waals surface area (Å²) in [5, 5.41) is 3.28. The van der Waals surface area contributed by atoms with Gasteiger partial charge in [-0.2, -0.15) is 0 Å². The van der Waals surface area contributed by atoms with Crippen molar-refractivity contribution in [1.29, 1.82) is 0 Å². The van der Waals surface area contributed by atoms with Gasteiger partial charge >= 0.3 is 0 Å². The number of carbonyl (C=O) groups excluding carboxylic acids is 1. The van der Waals surface area contributed by atoms with E-state index in [0.29, 0.717) is 10.9 Å². The van der Waals surface area contributed by atoms with Crippen molar-refractivity contribution in [1.82, 2.24) is 10.2 Å². The molecule has 0 radical (unpaired) electrons. The maximum atomic E-state index is 12.9. The third-order valence-corrected chi connectivity index (χ3v) is 5.68. The number of carbonyl (C=O) groups is 1. The largest absolute Gasteiger partial charge is 0.392 e. The van der Waals surface area contributed by atoms with E-state index in [1.165, 1.54) is 12.8 Å². The highest BCUT2D eigenvalue weighted by Crippen LogP contribution is 2.36. The molecule has 2 unspecified atom stereocenters. The van der Waals surface area contributed by atoms with Crippen molar-refractivity contribution in [2.24, 2.45) is 17.1 Å². The predicted octanol–water partition coefficient (Wildman–Crippen LogP) is 2.07. The molecular formula is C16H29N3OS. The van der Waals surface area contributed by atoms with E-state index in [0.717, 1.165) is 45.2 Å². The molecule has 2 aliphatic rings. The summed E-state index contributed by atoms with van der Waals surface area (Å²) in [4.78, 5) is 15.6. The molecule has 21 heavy (non-hydrogen) atoms. The van der Waals surface area contributed by atoms with Crippen LogP contribution in [0.3, 0.4) is 0 Å². The number of piperidine rings is 1. The maximum absolute atomic E-state index is 12.9. The number of hydrogen-bond donors (Lipinski definition) is 2. The first-order valence-corrected chi connectivity index (χ1v) is 8.66. The van der Waals surface area contributed by atoms with Crippen LogP contribution < -0.4 is 11.1 Å². The Kier molecular flexibility index (Phi) is 5.60. The quantitative estimate of drug-likeness (QED) is 0.619. The van der Waals surface area contributed by atoms with E-state index in [4.69, 9.17) is 18.0 Å². The SMILES string of the molecule is CC1CN(C)CCC1NC(=O)C1(C(N)=S)CCCCCC1. The highest BCUT2D eigenvalue weighted by molar-refractivity contribution is 7.80. The standard InChI is InChI=1S/C16H29N3OS/c1-12-11-19(2)10-7-13(12)18-15(20)16(14(17)21)8-5-3-4-6-9-16/h12-13H,3-11H2,1-2H3,(H2,17,21)(H,18,20). The summed E-state index contributed by atoms with van der Waals surface area (Å²) in [6, 6.07) is 0.253. The van der Waals surface area contributed by atoms with Gasteiger partial charge in [0.15, 0.2) is 0 Å². The van der Waals surface area contributed by atoms with Gasteiger partial charge in [0.25, 0.3) is 0 Å². The van der Waals surface area contributed by atoms with Gasteiger partial charge in [0.05, 0.1) is 10.4 Å². The van der Waals surface area contributed by atoms with E-state index >= 15 is 0 Å². The molecule has 0 aromatic rings. The van der Waals surface area contributed by atoms with E-state index in [-0.39, 0.29) is 11.9 Å².